The fourth-order valence-electron chi connectivity index (χ4n) is 3.49. The van der Waals surface area contributed by atoms with E-state index in [1.54, 1.807) is 18.2 Å². The van der Waals surface area contributed by atoms with Crippen LogP contribution in [-0.2, 0) is 11.2 Å². The second-order valence-corrected chi connectivity index (χ2v) is 6.56. The van der Waals surface area contributed by atoms with Gasteiger partial charge in [0, 0.05) is 23.9 Å². The smallest absolute Gasteiger partial charge is 0.178 e. The number of ketones is 1. The molecule has 0 radical (unpaired) electrons. The minimum absolute atomic E-state index is 0.0860. The molecule has 1 aromatic carbocycles. The van der Waals surface area contributed by atoms with E-state index in [2.05, 4.69) is 4.98 Å². The molecule has 2 aliphatic rings. The van der Waals surface area contributed by atoms with E-state index in [0.717, 1.165) is 29.7 Å². The van der Waals surface area contributed by atoms with Gasteiger partial charge in [-0.1, -0.05) is 11.6 Å². The van der Waals surface area contributed by atoms with Gasteiger partial charge in [-0.25, -0.2) is 9.37 Å². The fraction of sp³-hybridized carbons (Fsp3) is 0.333. The SMILES string of the molecule is CC(=O)c1cc(-c2ccc(Cl)cc2F)c2c(n1)[C@@H]1CC[C@H](C2)O1. The summed E-state index contributed by atoms with van der Waals surface area (Å²) in [6.07, 6.45) is 2.64. The van der Waals surface area contributed by atoms with Crippen LogP contribution in [0.15, 0.2) is 24.3 Å². The van der Waals surface area contributed by atoms with Crippen LogP contribution in [0.4, 0.5) is 4.39 Å². The van der Waals surface area contributed by atoms with Gasteiger partial charge in [-0.2, -0.15) is 0 Å². The number of nitrogens with zero attached hydrogens (tertiary/aromatic N) is 1. The fourth-order valence-corrected chi connectivity index (χ4v) is 3.64. The summed E-state index contributed by atoms with van der Waals surface area (Å²) in [5.74, 6) is -0.525. The number of halogens is 2. The first-order chi connectivity index (χ1) is 11.0. The third-order valence-electron chi connectivity index (χ3n) is 4.58. The summed E-state index contributed by atoms with van der Waals surface area (Å²) >= 11 is 5.86. The van der Waals surface area contributed by atoms with Gasteiger partial charge < -0.3 is 4.74 Å². The molecule has 2 bridgehead atoms. The van der Waals surface area contributed by atoms with Crippen molar-refractivity contribution in [3.8, 4) is 11.1 Å². The van der Waals surface area contributed by atoms with Gasteiger partial charge in [0.1, 0.15) is 17.6 Å². The average Bonchev–Trinajstić information content (AvgIpc) is 2.89. The first-order valence-corrected chi connectivity index (χ1v) is 8.06. The summed E-state index contributed by atoms with van der Waals surface area (Å²) in [6, 6.07) is 6.31. The number of pyridine rings is 1. The molecule has 1 aromatic heterocycles. The molecule has 5 heteroatoms. The second kappa shape index (κ2) is 5.39. The van der Waals surface area contributed by atoms with E-state index >= 15 is 0 Å². The van der Waals surface area contributed by atoms with Crippen LogP contribution < -0.4 is 0 Å². The first-order valence-electron chi connectivity index (χ1n) is 7.68. The maximum Gasteiger partial charge on any atom is 0.178 e. The van der Waals surface area contributed by atoms with E-state index in [-0.39, 0.29) is 23.8 Å². The molecule has 2 atom stereocenters. The monoisotopic (exact) mass is 331 g/mol. The van der Waals surface area contributed by atoms with Crippen molar-refractivity contribution in [2.24, 2.45) is 0 Å². The van der Waals surface area contributed by atoms with Gasteiger partial charge in [0.05, 0.1) is 11.8 Å². The maximum absolute atomic E-state index is 14.4. The van der Waals surface area contributed by atoms with E-state index in [1.165, 1.54) is 13.0 Å². The summed E-state index contributed by atoms with van der Waals surface area (Å²) in [4.78, 5) is 16.3. The average molecular weight is 332 g/mol. The predicted molar refractivity (Wildman–Crippen MR) is 85.2 cm³/mol. The van der Waals surface area contributed by atoms with E-state index in [1.807, 2.05) is 0 Å². The normalized spacial score (nSPS) is 22.0. The van der Waals surface area contributed by atoms with Gasteiger partial charge in [0.2, 0.25) is 0 Å². The molecule has 0 aliphatic carbocycles. The summed E-state index contributed by atoms with van der Waals surface area (Å²) < 4.78 is 20.3. The number of ether oxygens (including phenoxy) is 1. The number of benzene rings is 1. The molecule has 118 valence electrons. The predicted octanol–water partition coefficient (Wildman–Crippen LogP) is 4.52. The zero-order valence-corrected chi connectivity index (χ0v) is 13.4. The van der Waals surface area contributed by atoms with Crippen LogP contribution in [0.3, 0.4) is 0 Å². The Hall–Kier alpha value is -1.78. The maximum atomic E-state index is 14.4. The number of carbonyl (C=O) groups is 1. The van der Waals surface area contributed by atoms with Crippen molar-refractivity contribution < 1.29 is 13.9 Å². The zero-order chi connectivity index (χ0) is 16.1. The number of hydrogen-bond acceptors (Lipinski definition) is 3. The Morgan fingerprint density at radius 2 is 2.13 bits per heavy atom. The summed E-state index contributed by atoms with van der Waals surface area (Å²) in [7, 11) is 0. The van der Waals surface area contributed by atoms with Crippen molar-refractivity contribution in [3.63, 3.8) is 0 Å². The Morgan fingerprint density at radius 3 is 2.87 bits per heavy atom. The summed E-state index contributed by atoms with van der Waals surface area (Å²) in [6.45, 7) is 1.47. The van der Waals surface area contributed by atoms with E-state index in [9.17, 15) is 9.18 Å². The van der Waals surface area contributed by atoms with Gasteiger partial charge in [-0.15, -0.1) is 0 Å². The minimum atomic E-state index is -0.390. The van der Waals surface area contributed by atoms with Gasteiger partial charge >= 0.3 is 0 Å². The second-order valence-electron chi connectivity index (χ2n) is 6.13. The van der Waals surface area contributed by atoms with Crippen molar-refractivity contribution in [1.29, 1.82) is 0 Å². The van der Waals surface area contributed by atoms with Crippen molar-refractivity contribution in [2.45, 2.75) is 38.4 Å². The lowest BCUT2D eigenvalue weighted by Crippen LogP contribution is -2.21. The standard InChI is InChI=1S/C18H15ClFNO2/c1-9(22)16-8-13(12-4-2-10(19)6-15(12)20)14-7-11-3-5-17(23-11)18(14)21-16/h2,4,6,8,11,17H,3,5,7H2,1H3/t11-,17+/m1/s1. The Kier molecular flexibility index (Phi) is 3.47. The molecule has 2 aliphatic heterocycles. The molecule has 0 spiro atoms. The molecule has 0 N–H and O–H groups in total. The van der Waals surface area contributed by atoms with Crippen molar-refractivity contribution in [3.05, 3.63) is 52.1 Å². The van der Waals surface area contributed by atoms with Gasteiger partial charge in [0.15, 0.2) is 5.78 Å². The Balaban J connectivity index is 1.97. The van der Waals surface area contributed by atoms with Crippen LogP contribution in [0.25, 0.3) is 11.1 Å². The third kappa shape index (κ3) is 2.46. The lowest BCUT2D eigenvalue weighted by atomic mass is 9.92. The van der Waals surface area contributed by atoms with Crippen LogP contribution in [-0.4, -0.2) is 16.9 Å². The van der Waals surface area contributed by atoms with E-state index < -0.39 is 0 Å². The van der Waals surface area contributed by atoms with Crippen molar-refractivity contribution in [2.75, 3.05) is 0 Å². The summed E-state index contributed by atoms with van der Waals surface area (Å²) in [5, 5.41) is 0.351. The Morgan fingerprint density at radius 1 is 1.30 bits per heavy atom. The zero-order valence-electron chi connectivity index (χ0n) is 12.6. The van der Waals surface area contributed by atoms with Gasteiger partial charge in [-0.05, 0) is 48.2 Å². The largest absolute Gasteiger partial charge is 0.368 e. The highest BCUT2D eigenvalue weighted by Gasteiger charge is 2.37. The molecule has 1 fully saturated rings. The molecule has 3 heterocycles. The quantitative estimate of drug-likeness (QED) is 0.759. The van der Waals surface area contributed by atoms with Crippen LogP contribution >= 0.6 is 11.6 Å². The lowest BCUT2D eigenvalue weighted by molar-refractivity contribution is 0.0295. The lowest BCUT2D eigenvalue weighted by Gasteiger charge is -2.26. The molecule has 0 unspecified atom stereocenters. The number of Topliss-reactive ketones (excluding diaryl/α,β-unsaturated/α-hetero) is 1. The van der Waals surface area contributed by atoms with Crippen LogP contribution in [0.1, 0.15) is 47.6 Å². The summed E-state index contributed by atoms with van der Waals surface area (Å²) in [5.41, 5.74) is 3.32. The third-order valence-corrected chi connectivity index (χ3v) is 4.82. The van der Waals surface area contributed by atoms with Crippen molar-refractivity contribution >= 4 is 17.4 Å². The number of aromatic nitrogens is 1. The molecule has 0 saturated carbocycles. The highest BCUT2D eigenvalue weighted by atomic mass is 35.5. The number of rotatable bonds is 2. The molecular formula is C18H15ClFNO2. The number of carbonyl (C=O) groups excluding carboxylic acids is 1. The first kappa shape index (κ1) is 14.8. The number of fused-ring (bicyclic) bond motifs is 4. The molecule has 23 heavy (non-hydrogen) atoms. The van der Waals surface area contributed by atoms with E-state index in [4.69, 9.17) is 16.3 Å². The molecule has 0 amide bonds. The van der Waals surface area contributed by atoms with Crippen molar-refractivity contribution in [1.82, 2.24) is 4.98 Å². The number of hydrogen-bond donors (Lipinski definition) is 0. The highest BCUT2D eigenvalue weighted by Crippen LogP contribution is 2.44. The van der Waals surface area contributed by atoms with Crippen LogP contribution in [0.2, 0.25) is 5.02 Å². The van der Waals surface area contributed by atoms with Gasteiger partial charge in [0.25, 0.3) is 0 Å². The molecule has 2 aromatic rings. The van der Waals surface area contributed by atoms with E-state index in [0.29, 0.717) is 22.7 Å². The van der Waals surface area contributed by atoms with Gasteiger partial charge in [-0.3, -0.25) is 4.79 Å². The molecule has 4 rings (SSSR count). The van der Waals surface area contributed by atoms with Crippen LogP contribution in [0, 0.1) is 5.82 Å². The topological polar surface area (TPSA) is 39.2 Å². The molecule has 3 nitrogen and oxygen atoms in total. The Bertz CT molecular complexity index is 821. The van der Waals surface area contributed by atoms with Crippen LogP contribution in [0.5, 0.6) is 0 Å². The minimum Gasteiger partial charge on any atom is -0.368 e. The molecular weight excluding hydrogens is 317 g/mol. The highest BCUT2D eigenvalue weighted by molar-refractivity contribution is 6.30. The molecule has 1 saturated heterocycles. The Labute approximate surface area is 138 Å².